The first-order valence-electron chi connectivity index (χ1n) is 7.55. The summed E-state index contributed by atoms with van der Waals surface area (Å²) in [4.78, 5) is 10.8. The van der Waals surface area contributed by atoms with Gasteiger partial charge < -0.3 is 18.9 Å². The Bertz CT molecular complexity index is 744. The van der Waals surface area contributed by atoms with Gasteiger partial charge >= 0.3 is 0 Å². The molecule has 1 aliphatic heterocycles. The lowest BCUT2D eigenvalue weighted by molar-refractivity contribution is 0.112. The van der Waals surface area contributed by atoms with E-state index < -0.39 is 0 Å². The molecule has 5 nitrogen and oxygen atoms in total. The van der Waals surface area contributed by atoms with Gasteiger partial charge in [-0.2, -0.15) is 0 Å². The molecule has 6 heteroatoms. The number of hydrogen-bond donors (Lipinski definition) is 0. The minimum Gasteiger partial charge on any atom is -0.493 e. The van der Waals surface area contributed by atoms with Crippen LogP contribution in [0, 0.1) is 0 Å². The lowest BCUT2D eigenvalue weighted by Crippen LogP contribution is -2.00. The van der Waals surface area contributed by atoms with Crippen molar-refractivity contribution in [1.29, 1.82) is 0 Å². The maximum atomic E-state index is 10.8. The van der Waals surface area contributed by atoms with Crippen molar-refractivity contribution < 1.29 is 23.7 Å². The monoisotopic (exact) mass is 348 g/mol. The number of hydrogen-bond acceptors (Lipinski definition) is 5. The second-order valence-electron chi connectivity index (χ2n) is 5.27. The third-order valence-electron chi connectivity index (χ3n) is 3.58. The van der Waals surface area contributed by atoms with Crippen molar-refractivity contribution >= 4 is 17.9 Å². The molecule has 0 saturated heterocycles. The average Bonchev–Trinajstić information content (AvgIpc) is 2.85. The van der Waals surface area contributed by atoms with Crippen LogP contribution in [0.4, 0.5) is 0 Å². The Kier molecular flexibility index (Phi) is 5.11. The lowest BCUT2D eigenvalue weighted by Gasteiger charge is -2.14. The van der Waals surface area contributed by atoms with Crippen LogP contribution in [-0.2, 0) is 6.61 Å². The van der Waals surface area contributed by atoms with Gasteiger partial charge in [-0.25, -0.2) is 0 Å². The van der Waals surface area contributed by atoms with Crippen LogP contribution in [0.25, 0.3) is 0 Å². The van der Waals surface area contributed by atoms with E-state index in [-0.39, 0.29) is 6.61 Å². The minimum absolute atomic E-state index is 0.285. The second-order valence-corrected chi connectivity index (χ2v) is 5.68. The van der Waals surface area contributed by atoms with Gasteiger partial charge in [-0.1, -0.05) is 11.6 Å². The Labute approximate surface area is 145 Å². The van der Waals surface area contributed by atoms with Crippen LogP contribution >= 0.6 is 11.6 Å². The molecule has 24 heavy (non-hydrogen) atoms. The molecule has 0 spiro atoms. The summed E-state index contributed by atoms with van der Waals surface area (Å²) in [6.45, 7) is 1.46. The highest BCUT2D eigenvalue weighted by Crippen LogP contribution is 2.38. The van der Waals surface area contributed by atoms with Crippen LogP contribution in [0.2, 0.25) is 5.02 Å². The molecule has 0 aromatic heterocycles. The number of benzene rings is 2. The highest BCUT2D eigenvalue weighted by Gasteiger charge is 2.16. The summed E-state index contributed by atoms with van der Waals surface area (Å²) in [7, 11) is 1.53. The first kappa shape index (κ1) is 16.5. The minimum atomic E-state index is 0.285. The highest BCUT2D eigenvalue weighted by atomic mass is 35.5. The molecular weight excluding hydrogens is 332 g/mol. The molecule has 0 unspecified atom stereocenters. The van der Waals surface area contributed by atoms with Gasteiger partial charge in [0.15, 0.2) is 23.0 Å². The zero-order valence-corrected chi connectivity index (χ0v) is 14.0. The van der Waals surface area contributed by atoms with E-state index in [4.69, 9.17) is 30.5 Å². The Hall–Kier alpha value is -2.40. The summed E-state index contributed by atoms with van der Waals surface area (Å²) in [5.74, 6) is 2.25. The third-order valence-corrected chi connectivity index (χ3v) is 3.86. The predicted molar refractivity (Wildman–Crippen MR) is 89.8 cm³/mol. The van der Waals surface area contributed by atoms with E-state index >= 15 is 0 Å². The average molecular weight is 349 g/mol. The van der Waals surface area contributed by atoms with Gasteiger partial charge in [0.25, 0.3) is 0 Å². The van der Waals surface area contributed by atoms with Crippen molar-refractivity contribution in [2.45, 2.75) is 13.0 Å². The van der Waals surface area contributed by atoms with E-state index in [1.165, 1.54) is 7.11 Å². The first-order valence-corrected chi connectivity index (χ1v) is 7.93. The highest BCUT2D eigenvalue weighted by molar-refractivity contribution is 6.32. The Morgan fingerprint density at radius 1 is 1.17 bits per heavy atom. The fraction of sp³-hybridized carbons (Fsp3) is 0.278. The summed E-state index contributed by atoms with van der Waals surface area (Å²) >= 11 is 6.28. The van der Waals surface area contributed by atoms with Crippen molar-refractivity contribution in [3.05, 3.63) is 46.5 Å². The molecule has 3 rings (SSSR count). The fourth-order valence-electron chi connectivity index (χ4n) is 2.41. The fourth-order valence-corrected chi connectivity index (χ4v) is 2.69. The number of carbonyl (C=O) groups is 1. The molecular formula is C18H17ClO5. The summed E-state index contributed by atoms with van der Waals surface area (Å²) < 4.78 is 22.3. The molecule has 0 saturated carbocycles. The van der Waals surface area contributed by atoms with Gasteiger partial charge in [-0.05, 0) is 35.9 Å². The van der Waals surface area contributed by atoms with Crippen molar-refractivity contribution in [1.82, 2.24) is 0 Å². The smallest absolute Gasteiger partial charge is 0.179 e. The number of halogens is 1. The van der Waals surface area contributed by atoms with E-state index in [0.29, 0.717) is 46.8 Å². The van der Waals surface area contributed by atoms with Crippen molar-refractivity contribution in [3.63, 3.8) is 0 Å². The van der Waals surface area contributed by atoms with Crippen LogP contribution in [0.3, 0.4) is 0 Å². The van der Waals surface area contributed by atoms with Crippen LogP contribution in [0.15, 0.2) is 30.3 Å². The molecule has 0 fully saturated rings. The Morgan fingerprint density at radius 3 is 2.79 bits per heavy atom. The summed E-state index contributed by atoms with van der Waals surface area (Å²) in [5.41, 5.74) is 1.38. The van der Waals surface area contributed by atoms with Gasteiger partial charge in [0.1, 0.15) is 12.9 Å². The Morgan fingerprint density at radius 2 is 2.00 bits per heavy atom. The number of carbonyl (C=O) groups excluding carboxylic acids is 1. The van der Waals surface area contributed by atoms with Crippen LogP contribution < -0.4 is 18.9 Å². The third kappa shape index (κ3) is 3.57. The summed E-state index contributed by atoms with van der Waals surface area (Å²) in [5, 5.41) is 0.497. The largest absolute Gasteiger partial charge is 0.493 e. The summed E-state index contributed by atoms with van der Waals surface area (Å²) in [6.07, 6.45) is 1.58. The van der Waals surface area contributed by atoms with Crippen LogP contribution in [0.5, 0.6) is 23.0 Å². The number of ether oxygens (including phenoxy) is 4. The van der Waals surface area contributed by atoms with Gasteiger partial charge in [0.05, 0.1) is 25.3 Å². The number of rotatable bonds is 5. The SMILES string of the molecule is COc1cc(C=O)ccc1OCc1cc(Cl)c2c(c1)OCCCO2. The van der Waals surface area contributed by atoms with E-state index in [9.17, 15) is 4.79 Å². The van der Waals surface area contributed by atoms with Crippen molar-refractivity contribution in [2.24, 2.45) is 0 Å². The molecule has 1 aliphatic rings. The second kappa shape index (κ2) is 7.45. The maximum absolute atomic E-state index is 10.8. The molecule has 0 bridgehead atoms. The molecule has 2 aromatic rings. The molecule has 0 atom stereocenters. The molecule has 0 radical (unpaired) electrons. The van der Waals surface area contributed by atoms with Crippen LogP contribution in [-0.4, -0.2) is 26.6 Å². The van der Waals surface area contributed by atoms with E-state index in [1.807, 2.05) is 6.07 Å². The van der Waals surface area contributed by atoms with Gasteiger partial charge in [0.2, 0.25) is 0 Å². The van der Waals surface area contributed by atoms with Gasteiger partial charge in [0, 0.05) is 12.0 Å². The zero-order valence-electron chi connectivity index (χ0n) is 13.2. The molecule has 126 valence electrons. The topological polar surface area (TPSA) is 54.0 Å². The quantitative estimate of drug-likeness (QED) is 0.767. The number of aldehydes is 1. The molecule has 0 amide bonds. The molecule has 0 aliphatic carbocycles. The van der Waals surface area contributed by atoms with E-state index in [2.05, 4.69) is 0 Å². The normalized spacial score (nSPS) is 13.1. The Balaban J connectivity index is 1.79. The first-order chi connectivity index (χ1) is 11.7. The van der Waals surface area contributed by atoms with Crippen molar-refractivity contribution in [3.8, 4) is 23.0 Å². The molecule has 1 heterocycles. The van der Waals surface area contributed by atoms with Crippen molar-refractivity contribution in [2.75, 3.05) is 20.3 Å². The predicted octanol–water partition coefficient (Wildman–Crippen LogP) is 3.90. The van der Waals surface area contributed by atoms with Gasteiger partial charge in [-0.15, -0.1) is 0 Å². The maximum Gasteiger partial charge on any atom is 0.179 e. The van der Waals surface area contributed by atoms with Crippen LogP contribution in [0.1, 0.15) is 22.3 Å². The van der Waals surface area contributed by atoms with E-state index in [0.717, 1.165) is 18.3 Å². The van der Waals surface area contributed by atoms with E-state index in [1.54, 1.807) is 24.3 Å². The lowest BCUT2D eigenvalue weighted by atomic mass is 10.2. The number of methoxy groups -OCH3 is 1. The molecule has 0 N–H and O–H groups in total. The van der Waals surface area contributed by atoms with Gasteiger partial charge in [-0.3, -0.25) is 4.79 Å². The zero-order chi connectivity index (χ0) is 16.9. The summed E-state index contributed by atoms with van der Waals surface area (Å²) in [6, 6.07) is 8.66. The standard InChI is InChI=1S/C18H17ClO5/c1-21-16-8-12(10-20)3-4-15(16)24-11-13-7-14(19)18-17(9-13)22-5-2-6-23-18/h3-4,7-10H,2,5-6,11H2,1H3. The molecule has 2 aromatic carbocycles. The number of fused-ring (bicyclic) bond motifs is 1.